The third kappa shape index (κ3) is 2.21. The summed E-state index contributed by atoms with van der Waals surface area (Å²) in [4.78, 5) is 26.5. The van der Waals surface area contributed by atoms with Crippen molar-refractivity contribution in [2.45, 2.75) is 61.7 Å². The van der Waals surface area contributed by atoms with E-state index in [9.17, 15) is 24.9 Å². The highest BCUT2D eigenvalue weighted by molar-refractivity contribution is 5.96. The van der Waals surface area contributed by atoms with Crippen LogP contribution >= 0.6 is 0 Å². The van der Waals surface area contributed by atoms with E-state index in [-0.39, 0.29) is 36.4 Å². The van der Waals surface area contributed by atoms with Crippen molar-refractivity contribution in [3.8, 4) is 5.75 Å². The van der Waals surface area contributed by atoms with Crippen LogP contribution in [0.4, 0.5) is 0 Å². The second-order valence-electron chi connectivity index (χ2n) is 9.09. The summed E-state index contributed by atoms with van der Waals surface area (Å²) in [5.74, 6) is -0.442. The second-order valence-corrected chi connectivity index (χ2v) is 9.09. The minimum Gasteiger partial charge on any atom is -0.507 e. The third-order valence-corrected chi connectivity index (χ3v) is 7.58. The van der Waals surface area contributed by atoms with Crippen LogP contribution in [-0.4, -0.2) is 56.6 Å². The van der Waals surface area contributed by atoms with Gasteiger partial charge < -0.3 is 21.1 Å². The molecule has 5 rings (SSSR count). The molecule has 3 fully saturated rings. The molecule has 2 bridgehead atoms. The first-order chi connectivity index (χ1) is 13.3. The van der Waals surface area contributed by atoms with Crippen molar-refractivity contribution >= 4 is 11.7 Å². The fraction of sp³-hybridized carbons (Fsp3) is 0.619. The Labute approximate surface area is 163 Å². The van der Waals surface area contributed by atoms with Crippen LogP contribution in [0.25, 0.3) is 0 Å². The van der Waals surface area contributed by atoms with E-state index in [1.165, 1.54) is 18.9 Å². The van der Waals surface area contributed by atoms with Crippen LogP contribution in [0.5, 0.6) is 5.75 Å². The topological polar surface area (TPSA) is 124 Å². The highest BCUT2D eigenvalue weighted by atomic mass is 16.3. The van der Waals surface area contributed by atoms with E-state index in [2.05, 4.69) is 4.90 Å². The van der Waals surface area contributed by atoms with Gasteiger partial charge in [-0.1, -0.05) is 6.07 Å². The summed E-state index contributed by atoms with van der Waals surface area (Å²) in [6.45, 7) is 1.46. The Bertz CT molecular complexity index is 882. The molecule has 0 radical (unpaired) electrons. The molecule has 150 valence electrons. The molecule has 1 heterocycles. The van der Waals surface area contributed by atoms with Crippen molar-refractivity contribution < 1.29 is 24.9 Å². The number of nitrogens with zero attached hydrogens (tertiary/aromatic N) is 1. The number of hydrogen-bond acceptors (Lipinski definition) is 6. The lowest BCUT2D eigenvalue weighted by Crippen LogP contribution is -2.74. The number of carbonyl (C=O) groups excluding carboxylic acids is 2. The standard InChI is InChI=1S/C21H26N2O5/c22-19(27)14-4-3-13-15(16(14)25)20-7-8-23(10-11-1-2-11)18(17(13)26)21(20,28)6-5-12(24)9-20/h3-4,11,17-18,25-26,28H,1-2,5-10H2,(H2,22,27)/t17?,18-,20-,21?/m1/s1. The van der Waals surface area contributed by atoms with Gasteiger partial charge in [0.25, 0.3) is 5.91 Å². The van der Waals surface area contributed by atoms with Gasteiger partial charge in [0.15, 0.2) is 0 Å². The highest BCUT2D eigenvalue weighted by Gasteiger charge is 2.68. The first-order valence-electron chi connectivity index (χ1n) is 10.1. The molecule has 1 aromatic carbocycles. The van der Waals surface area contributed by atoms with Gasteiger partial charge in [0.2, 0.25) is 0 Å². The number of primary amides is 1. The van der Waals surface area contributed by atoms with E-state index in [1.807, 2.05) is 0 Å². The van der Waals surface area contributed by atoms with Crippen LogP contribution in [-0.2, 0) is 10.2 Å². The lowest BCUT2D eigenvalue weighted by atomic mass is 9.48. The average Bonchev–Trinajstić information content (AvgIpc) is 3.44. The lowest BCUT2D eigenvalue weighted by molar-refractivity contribution is -0.199. The first-order valence-corrected chi connectivity index (χ1v) is 10.1. The second kappa shape index (κ2) is 5.78. The fourth-order valence-electron chi connectivity index (χ4n) is 6.11. The Morgan fingerprint density at radius 1 is 1.29 bits per heavy atom. The monoisotopic (exact) mass is 386 g/mol. The maximum Gasteiger partial charge on any atom is 0.252 e. The summed E-state index contributed by atoms with van der Waals surface area (Å²) in [7, 11) is 0. The SMILES string of the molecule is NC(=O)c1ccc2c(c1O)[C@]13CCN(CC4CC4)[C@H](C2O)C1(O)CCC(=O)C3. The van der Waals surface area contributed by atoms with Crippen molar-refractivity contribution in [1.82, 2.24) is 4.90 Å². The van der Waals surface area contributed by atoms with Gasteiger partial charge in [0.1, 0.15) is 11.5 Å². The van der Waals surface area contributed by atoms with Crippen LogP contribution in [0.1, 0.15) is 66.1 Å². The van der Waals surface area contributed by atoms with Gasteiger partial charge >= 0.3 is 0 Å². The van der Waals surface area contributed by atoms with E-state index < -0.39 is 29.1 Å². The molecule has 0 aromatic heterocycles. The van der Waals surface area contributed by atoms with E-state index in [1.54, 1.807) is 6.07 Å². The molecule has 1 aliphatic heterocycles. The molecule has 0 spiro atoms. The van der Waals surface area contributed by atoms with Crippen LogP contribution in [0, 0.1) is 5.92 Å². The van der Waals surface area contributed by atoms with Crippen molar-refractivity contribution in [1.29, 1.82) is 0 Å². The number of ketones is 1. The predicted molar refractivity (Wildman–Crippen MR) is 99.8 cm³/mol. The summed E-state index contributed by atoms with van der Waals surface area (Å²) < 4.78 is 0. The fourth-order valence-corrected chi connectivity index (χ4v) is 6.11. The number of Topliss-reactive ketones (excluding diaryl/α,β-unsaturated/α-hetero) is 1. The zero-order valence-corrected chi connectivity index (χ0v) is 15.7. The van der Waals surface area contributed by atoms with Gasteiger partial charge in [0.05, 0.1) is 23.3 Å². The zero-order valence-electron chi connectivity index (χ0n) is 15.7. The molecule has 3 aliphatic carbocycles. The van der Waals surface area contributed by atoms with Gasteiger partial charge in [-0.2, -0.15) is 0 Å². The quantitative estimate of drug-likeness (QED) is 0.608. The number of nitrogens with two attached hydrogens (primary N) is 1. The zero-order chi connectivity index (χ0) is 19.8. The van der Waals surface area contributed by atoms with Crippen molar-refractivity contribution in [3.63, 3.8) is 0 Å². The summed E-state index contributed by atoms with van der Waals surface area (Å²) in [5, 5.41) is 34.2. The maximum atomic E-state index is 12.5. The molecule has 1 saturated heterocycles. The van der Waals surface area contributed by atoms with E-state index in [0.29, 0.717) is 30.0 Å². The van der Waals surface area contributed by atoms with Crippen molar-refractivity contribution in [3.05, 3.63) is 28.8 Å². The molecule has 2 saturated carbocycles. The largest absolute Gasteiger partial charge is 0.507 e. The number of carbonyl (C=O) groups is 2. The number of aliphatic hydroxyl groups excluding tert-OH is 1. The Morgan fingerprint density at radius 3 is 2.71 bits per heavy atom. The number of hydrogen-bond donors (Lipinski definition) is 4. The van der Waals surface area contributed by atoms with E-state index in [0.717, 1.165) is 6.54 Å². The minimum atomic E-state index is -1.34. The van der Waals surface area contributed by atoms with Gasteiger partial charge in [-0.05, 0) is 49.8 Å². The summed E-state index contributed by atoms with van der Waals surface area (Å²) in [6, 6.07) is 2.52. The maximum absolute atomic E-state index is 12.5. The van der Waals surface area contributed by atoms with Gasteiger partial charge in [-0.15, -0.1) is 0 Å². The summed E-state index contributed by atoms with van der Waals surface area (Å²) in [6.07, 6.45) is 2.43. The Hall–Kier alpha value is -1.96. The number of phenols is 1. The van der Waals surface area contributed by atoms with Gasteiger partial charge in [0, 0.05) is 30.4 Å². The average molecular weight is 386 g/mol. The van der Waals surface area contributed by atoms with Gasteiger partial charge in [-0.3, -0.25) is 14.5 Å². The predicted octanol–water partition coefficient (Wildman–Crippen LogP) is 0.744. The van der Waals surface area contributed by atoms with Crippen LogP contribution in [0.15, 0.2) is 12.1 Å². The number of piperidine rings is 1. The van der Waals surface area contributed by atoms with E-state index >= 15 is 0 Å². The molecule has 4 aliphatic rings. The number of benzene rings is 1. The third-order valence-electron chi connectivity index (χ3n) is 7.58. The number of aromatic hydroxyl groups is 1. The number of likely N-dealkylation sites (tertiary alicyclic amines) is 1. The Kier molecular flexibility index (Phi) is 3.73. The number of aliphatic hydroxyl groups is 2. The smallest absolute Gasteiger partial charge is 0.252 e. The molecular formula is C21H26N2O5. The van der Waals surface area contributed by atoms with Crippen LogP contribution in [0.3, 0.4) is 0 Å². The lowest BCUT2D eigenvalue weighted by Gasteiger charge is -2.64. The van der Waals surface area contributed by atoms with Crippen molar-refractivity contribution in [2.75, 3.05) is 13.1 Å². The summed E-state index contributed by atoms with van der Waals surface area (Å²) in [5.41, 5.74) is 3.87. The highest BCUT2D eigenvalue weighted by Crippen LogP contribution is 2.62. The molecule has 1 aromatic rings. The Morgan fingerprint density at radius 2 is 2.04 bits per heavy atom. The number of rotatable bonds is 3. The van der Waals surface area contributed by atoms with Crippen molar-refractivity contribution in [2.24, 2.45) is 11.7 Å². The Balaban J connectivity index is 1.74. The molecule has 7 heteroatoms. The van der Waals surface area contributed by atoms with Crippen LogP contribution < -0.4 is 5.73 Å². The first kappa shape index (κ1) is 18.1. The van der Waals surface area contributed by atoms with Crippen LogP contribution in [0.2, 0.25) is 0 Å². The molecular weight excluding hydrogens is 360 g/mol. The molecule has 1 amide bonds. The number of fused-ring (bicyclic) bond motifs is 1. The molecule has 7 nitrogen and oxygen atoms in total. The number of amides is 1. The molecule has 4 atom stereocenters. The molecule has 28 heavy (non-hydrogen) atoms. The van der Waals surface area contributed by atoms with E-state index in [4.69, 9.17) is 5.73 Å². The molecule has 2 unspecified atom stereocenters. The normalized spacial score (nSPS) is 37.3. The molecule has 5 N–H and O–H groups in total. The minimum absolute atomic E-state index is 0.0327. The van der Waals surface area contributed by atoms with Gasteiger partial charge in [-0.25, -0.2) is 0 Å². The summed E-state index contributed by atoms with van der Waals surface area (Å²) >= 11 is 0.